The van der Waals surface area contributed by atoms with E-state index in [1.54, 1.807) is 6.07 Å². The minimum Gasteiger partial charge on any atom is -0.382 e. The summed E-state index contributed by atoms with van der Waals surface area (Å²) in [4.78, 5) is 0. The Morgan fingerprint density at radius 2 is 2.06 bits per heavy atom. The average Bonchev–Trinajstić information content (AvgIpc) is 2.95. The molecule has 0 spiro atoms. The van der Waals surface area contributed by atoms with Gasteiger partial charge in [0.2, 0.25) is 0 Å². The molecule has 9 heteroatoms. The standard InChI is InChI=1S/C9H8N8S/c10-8-7(9(11)15-14-8)13-12-4-2-1-3-5-6(4)17-18-16-5/h1-3H,(H5,10,11,14,15). The first kappa shape index (κ1) is 10.6. The van der Waals surface area contributed by atoms with Crippen molar-refractivity contribution in [3.63, 3.8) is 0 Å². The van der Waals surface area contributed by atoms with Crippen LogP contribution in [0.1, 0.15) is 0 Å². The first-order valence-electron chi connectivity index (χ1n) is 4.98. The molecule has 0 radical (unpaired) electrons. The molecule has 5 N–H and O–H groups in total. The quantitative estimate of drug-likeness (QED) is 0.606. The number of fused-ring (bicyclic) bond motifs is 1. The predicted molar refractivity (Wildman–Crippen MR) is 69.0 cm³/mol. The van der Waals surface area contributed by atoms with E-state index in [2.05, 4.69) is 29.2 Å². The molecule has 1 aromatic carbocycles. The summed E-state index contributed by atoms with van der Waals surface area (Å²) in [6.07, 6.45) is 0. The molecule has 0 unspecified atom stereocenters. The highest BCUT2D eigenvalue weighted by Crippen LogP contribution is 2.30. The first-order valence-corrected chi connectivity index (χ1v) is 5.71. The van der Waals surface area contributed by atoms with E-state index in [-0.39, 0.29) is 11.6 Å². The minimum atomic E-state index is 0.208. The number of aromatic amines is 1. The number of H-pyrrole nitrogens is 1. The summed E-state index contributed by atoms with van der Waals surface area (Å²) >= 11 is 1.13. The number of nitrogen functional groups attached to an aromatic ring is 2. The Balaban J connectivity index is 2.04. The van der Waals surface area contributed by atoms with Gasteiger partial charge < -0.3 is 11.5 Å². The lowest BCUT2D eigenvalue weighted by Gasteiger charge is -1.93. The second kappa shape index (κ2) is 4.04. The number of aromatic nitrogens is 4. The Morgan fingerprint density at radius 3 is 2.83 bits per heavy atom. The molecular weight excluding hydrogens is 252 g/mol. The molecule has 0 bridgehead atoms. The summed E-state index contributed by atoms with van der Waals surface area (Å²) in [5, 5.41) is 14.3. The van der Waals surface area contributed by atoms with Gasteiger partial charge in [-0.2, -0.15) is 13.8 Å². The average molecular weight is 260 g/mol. The zero-order valence-corrected chi connectivity index (χ0v) is 9.85. The lowest BCUT2D eigenvalue weighted by molar-refractivity contribution is 1.11. The molecule has 0 aliphatic heterocycles. The number of nitrogens with zero attached hydrogens (tertiary/aromatic N) is 5. The van der Waals surface area contributed by atoms with Gasteiger partial charge in [0.25, 0.3) is 0 Å². The van der Waals surface area contributed by atoms with Crippen LogP contribution in [0.15, 0.2) is 28.4 Å². The maximum Gasteiger partial charge on any atom is 0.175 e. The number of anilines is 2. The van der Waals surface area contributed by atoms with Gasteiger partial charge in [0.05, 0.1) is 11.7 Å². The smallest absolute Gasteiger partial charge is 0.175 e. The maximum absolute atomic E-state index is 5.62. The summed E-state index contributed by atoms with van der Waals surface area (Å²) in [5.41, 5.74) is 13.6. The molecule has 0 amide bonds. The van der Waals surface area contributed by atoms with Crippen LogP contribution in [-0.2, 0) is 0 Å². The Kier molecular flexibility index (Phi) is 2.38. The van der Waals surface area contributed by atoms with Crippen molar-refractivity contribution in [1.29, 1.82) is 0 Å². The van der Waals surface area contributed by atoms with E-state index >= 15 is 0 Å². The summed E-state index contributed by atoms with van der Waals surface area (Å²) in [6, 6.07) is 5.48. The topological polar surface area (TPSA) is 131 Å². The highest BCUT2D eigenvalue weighted by molar-refractivity contribution is 7.00. The van der Waals surface area contributed by atoms with E-state index in [4.69, 9.17) is 11.5 Å². The minimum absolute atomic E-state index is 0.208. The van der Waals surface area contributed by atoms with Crippen molar-refractivity contribution >= 4 is 45.8 Å². The Hall–Kier alpha value is -2.55. The van der Waals surface area contributed by atoms with Crippen LogP contribution in [0.2, 0.25) is 0 Å². The molecule has 2 heterocycles. The van der Waals surface area contributed by atoms with E-state index < -0.39 is 0 Å². The monoisotopic (exact) mass is 260 g/mol. The Morgan fingerprint density at radius 1 is 1.17 bits per heavy atom. The van der Waals surface area contributed by atoms with Gasteiger partial charge in [-0.1, -0.05) is 6.07 Å². The third-order valence-electron chi connectivity index (χ3n) is 2.32. The predicted octanol–water partition coefficient (Wildman–Crippen LogP) is 1.99. The molecular formula is C9H8N8S. The van der Waals surface area contributed by atoms with Crippen LogP contribution in [0.25, 0.3) is 11.0 Å². The second-order valence-corrected chi connectivity index (χ2v) is 4.01. The van der Waals surface area contributed by atoms with Crippen molar-refractivity contribution < 1.29 is 0 Å². The summed E-state index contributed by atoms with van der Waals surface area (Å²) in [5.74, 6) is 0.486. The lowest BCUT2D eigenvalue weighted by Crippen LogP contribution is -1.84. The molecule has 3 aromatic rings. The van der Waals surface area contributed by atoms with Gasteiger partial charge in [-0.25, -0.2) is 0 Å². The van der Waals surface area contributed by atoms with Crippen LogP contribution in [0, 0.1) is 0 Å². The van der Waals surface area contributed by atoms with Gasteiger partial charge in [-0.15, -0.1) is 10.2 Å². The van der Waals surface area contributed by atoms with Gasteiger partial charge in [-0.05, 0) is 12.1 Å². The van der Waals surface area contributed by atoms with Crippen LogP contribution in [0.5, 0.6) is 0 Å². The summed E-state index contributed by atoms with van der Waals surface area (Å²) < 4.78 is 8.27. The molecule has 18 heavy (non-hydrogen) atoms. The van der Waals surface area contributed by atoms with Crippen LogP contribution >= 0.6 is 11.7 Å². The normalized spacial score (nSPS) is 11.6. The molecule has 0 atom stereocenters. The zero-order chi connectivity index (χ0) is 12.5. The molecule has 0 saturated heterocycles. The third-order valence-corrected chi connectivity index (χ3v) is 2.86. The number of nitrogens with one attached hydrogen (secondary N) is 1. The van der Waals surface area contributed by atoms with Crippen molar-refractivity contribution in [1.82, 2.24) is 18.9 Å². The van der Waals surface area contributed by atoms with E-state index in [0.29, 0.717) is 16.9 Å². The number of azo groups is 1. The summed E-state index contributed by atoms with van der Waals surface area (Å²) in [6.45, 7) is 0. The largest absolute Gasteiger partial charge is 0.382 e. The van der Waals surface area contributed by atoms with Crippen LogP contribution in [-0.4, -0.2) is 18.9 Å². The van der Waals surface area contributed by atoms with E-state index in [0.717, 1.165) is 17.2 Å². The van der Waals surface area contributed by atoms with E-state index in [1.165, 1.54) is 0 Å². The van der Waals surface area contributed by atoms with Crippen LogP contribution in [0.3, 0.4) is 0 Å². The molecule has 2 aromatic heterocycles. The fraction of sp³-hybridized carbons (Fsp3) is 0. The number of rotatable bonds is 2. The molecule has 0 saturated carbocycles. The third kappa shape index (κ3) is 1.66. The maximum atomic E-state index is 5.62. The highest BCUT2D eigenvalue weighted by atomic mass is 32.1. The Bertz CT molecular complexity index is 708. The fourth-order valence-corrected chi connectivity index (χ4v) is 1.99. The number of hydrogen-bond acceptors (Lipinski definition) is 8. The number of benzene rings is 1. The molecule has 3 rings (SSSR count). The van der Waals surface area contributed by atoms with Crippen molar-refractivity contribution in [2.75, 3.05) is 11.5 Å². The zero-order valence-electron chi connectivity index (χ0n) is 9.03. The van der Waals surface area contributed by atoms with Crippen molar-refractivity contribution in [2.45, 2.75) is 0 Å². The SMILES string of the molecule is Nc1n[nH]c(N)c1N=Nc1cccc2nsnc12. The van der Waals surface area contributed by atoms with E-state index in [9.17, 15) is 0 Å². The molecule has 0 aliphatic rings. The number of nitrogens with two attached hydrogens (primary N) is 2. The van der Waals surface area contributed by atoms with Gasteiger partial charge in [0.1, 0.15) is 22.5 Å². The molecule has 0 fully saturated rings. The number of hydrogen-bond donors (Lipinski definition) is 3. The first-order chi connectivity index (χ1) is 8.75. The molecule has 0 aliphatic carbocycles. The van der Waals surface area contributed by atoms with Crippen molar-refractivity contribution in [3.8, 4) is 0 Å². The molecule has 90 valence electrons. The fourth-order valence-electron chi connectivity index (χ4n) is 1.45. The van der Waals surface area contributed by atoms with Gasteiger partial charge in [-0.3, -0.25) is 5.10 Å². The molecule has 8 nitrogen and oxygen atoms in total. The van der Waals surface area contributed by atoms with Crippen molar-refractivity contribution in [2.24, 2.45) is 10.2 Å². The lowest BCUT2D eigenvalue weighted by atomic mass is 10.3. The van der Waals surface area contributed by atoms with Gasteiger partial charge >= 0.3 is 0 Å². The van der Waals surface area contributed by atoms with Crippen LogP contribution < -0.4 is 11.5 Å². The van der Waals surface area contributed by atoms with Crippen LogP contribution in [0.4, 0.5) is 23.0 Å². The van der Waals surface area contributed by atoms with E-state index in [1.807, 2.05) is 12.1 Å². The van der Waals surface area contributed by atoms with Gasteiger partial charge in [0, 0.05) is 0 Å². The summed E-state index contributed by atoms with van der Waals surface area (Å²) in [7, 11) is 0. The highest BCUT2D eigenvalue weighted by Gasteiger charge is 2.08. The second-order valence-electron chi connectivity index (χ2n) is 3.48. The van der Waals surface area contributed by atoms with Crippen molar-refractivity contribution in [3.05, 3.63) is 18.2 Å². The van der Waals surface area contributed by atoms with Gasteiger partial charge in [0.15, 0.2) is 11.5 Å². The Labute approximate surface area is 105 Å².